The van der Waals surface area contributed by atoms with Crippen molar-refractivity contribution in [1.82, 2.24) is 19.4 Å². The highest BCUT2D eigenvalue weighted by Gasteiger charge is 2.28. The second-order valence-electron chi connectivity index (χ2n) is 7.37. The fraction of sp³-hybridized carbons (Fsp3) is 0.579. The molecule has 10 heteroatoms. The summed E-state index contributed by atoms with van der Waals surface area (Å²) in [7, 11) is 0. The van der Waals surface area contributed by atoms with Gasteiger partial charge in [0.15, 0.2) is 0 Å². The Hall–Kier alpha value is -2.46. The van der Waals surface area contributed by atoms with Crippen LogP contribution in [0.2, 0.25) is 0 Å². The lowest BCUT2D eigenvalue weighted by atomic mass is 10.2. The smallest absolute Gasteiger partial charge is 0.332 e. The van der Waals surface area contributed by atoms with Gasteiger partial charge in [-0.15, -0.1) is 11.3 Å². The van der Waals surface area contributed by atoms with Crippen molar-refractivity contribution in [3.63, 3.8) is 0 Å². The van der Waals surface area contributed by atoms with E-state index in [-0.39, 0.29) is 30.4 Å². The minimum absolute atomic E-state index is 0.246. The Balaban J connectivity index is 1.75. The lowest BCUT2D eigenvalue weighted by Crippen LogP contribution is -2.51. The number of ether oxygens (including phenoxy) is 1. The van der Waals surface area contributed by atoms with E-state index in [0.29, 0.717) is 36.5 Å². The van der Waals surface area contributed by atoms with Crippen LogP contribution in [0.3, 0.4) is 0 Å². The van der Waals surface area contributed by atoms with E-state index in [4.69, 9.17) is 4.74 Å². The first kappa shape index (κ1) is 19.8. The van der Waals surface area contributed by atoms with E-state index in [1.165, 1.54) is 20.8 Å². The first-order valence-corrected chi connectivity index (χ1v) is 10.7. The fourth-order valence-corrected chi connectivity index (χ4v) is 4.89. The van der Waals surface area contributed by atoms with Crippen LogP contribution in [0.5, 0.6) is 0 Å². The molecule has 156 valence electrons. The van der Waals surface area contributed by atoms with Crippen LogP contribution in [0.15, 0.2) is 9.59 Å². The van der Waals surface area contributed by atoms with Gasteiger partial charge in [-0.3, -0.25) is 23.5 Å². The number of carbonyl (C=O) groups excluding carboxylic acids is 2. The Bertz CT molecular complexity index is 1090. The minimum atomic E-state index is -0.613. The average molecular weight is 420 g/mol. The van der Waals surface area contributed by atoms with Gasteiger partial charge in [-0.05, 0) is 32.3 Å². The van der Waals surface area contributed by atoms with Crippen LogP contribution in [0.1, 0.15) is 30.2 Å². The molecular weight excluding hydrogens is 396 g/mol. The molecule has 0 radical (unpaired) electrons. The SMILES string of the molecule is CCn1c(=O)c2c(C)c(CN3CCNC(=O)C3=O)sc2n(CCOC2CC2)c1=O. The van der Waals surface area contributed by atoms with E-state index in [9.17, 15) is 19.2 Å². The van der Waals surface area contributed by atoms with Crippen molar-refractivity contribution in [3.05, 3.63) is 31.3 Å². The summed E-state index contributed by atoms with van der Waals surface area (Å²) in [4.78, 5) is 52.5. The molecule has 2 aliphatic rings. The molecule has 0 aromatic carbocycles. The summed E-state index contributed by atoms with van der Waals surface area (Å²) in [5.74, 6) is -1.19. The van der Waals surface area contributed by atoms with E-state index in [0.717, 1.165) is 23.3 Å². The van der Waals surface area contributed by atoms with Gasteiger partial charge in [0.25, 0.3) is 5.56 Å². The Morgan fingerprint density at radius 2 is 1.93 bits per heavy atom. The van der Waals surface area contributed by atoms with Gasteiger partial charge >= 0.3 is 17.5 Å². The third kappa shape index (κ3) is 3.62. The van der Waals surface area contributed by atoms with Crippen molar-refractivity contribution in [2.45, 2.75) is 52.4 Å². The number of carbonyl (C=O) groups is 2. The van der Waals surface area contributed by atoms with Gasteiger partial charge in [0, 0.05) is 24.5 Å². The summed E-state index contributed by atoms with van der Waals surface area (Å²) in [6, 6.07) is 0. The van der Waals surface area contributed by atoms with Crippen LogP contribution < -0.4 is 16.6 Å². The van der Waals surface area contributed by atoms with Crippen molar-refractivity contribution in [1.29, 1.82) is 0 Å². The van der Waals surface area contributed by atoms with Gasteiger partial charge in [0.1, 0.15) is 4.83 Å². The normalized spacial score (nSPS) is 17.2. The van der Waals surface area contributed by atoms with Crippen LogP contribution >= 0.6 is 11.3 Å². The molecule has 1 N–H and O–H groups in total. The molecule has 2 amide bonds. The fourth-order valence-electron chi connectivity index (χ4n) is 3.56. The van der Waals surface area contributed by atoms with Crippen LogP contribution in [0.4, 0.5) is 0 Å². The second-order valence-corrected chi connectivity index (χ2v) is 8.45. The van der Waals surface area contributed by atoms with Gasteiger partial charge < -0.3 is 15.0 Å². The molecule has 1 saturated carbocycles. The van der Waals surface area contributed by atoms with Gasteiger partial charge in [-0.2, -0.15) is 0 Å². The van der Waals surface area contributed by atoms with E-state index >= 15 is 0 Å². The molecule has 1 saturated heterocycles. The molecule has 3 heterocycles. The zero-order chi connectivity index (χ0) is 20.7. The largest absolute Gasteiger partial charge is 0.376 e. The highest BCUT2D eigenvalue weighted by atomic mass is 32.1. The van der Waals surface area contributed by atoms with Crippen LogP contribution in [-0.2, 0) is 34.0 Å². The number of nitrogens with one attached hydrogen (secondary N) is 1. The Kier molecular flexibility index (Phi) is 5.30. The summed E-state index contributed by atoms with van der Waals surface area (Å²) >= 11 is 1.34. The molecule has 9 nitrogen and oxygen atoms in total. The zero-order valence-electron chi connectivity index (χ0n) is 16.5. The standard InChI is InChI=1S/C19H24N4O5S/c1-3-22-16(25)14-11(2)13(10-21-7-6-20-15(24)17(21)26)29-18(14)23(19(22)27)8-9-28-12-4-5-12/h12H,3-10H2,1-2H3,(H,20,24). The molecule has 0 unspecified atom stereocenters. The summed E-state index contributed by atoms with van der Waals surface area (Å²) in [6.07, 6.45) is 2.40. The third-order valence-electron chi connectivity index (χ3n) is 5.39. The highest BCUT2D eigenvalue weighted by molar-refractivity contribution is 7.18. The summed E-state index contributed by atoms with van der Waals surface area (Å²) in [5.41, 5.74) is 0.105. The van der Waals surface area contributed by atoms with E-state index in [1.54, 1.807) is 11.5 Å². The van der Waals surface area contributed by atoms with E-state index in [2.05, 4.69) is 5.32 Å². The molecule has 4 rings (SSSR count). The maximum absolute atomic E-state index is 12.9. The molecule has 1 aliphatic heterocycles. The number of rotatable bonds is 7. The predicted molar refractivity (Wildman–Crippen MR) is 108 cm³/mol. The number of fused-ring (bicyclic) bond motifs is 1. The number of aryl methyl sites for hydroxylation is 1. The molecule has 0 spiro atoms. The Morgan fingerprint density at radius 1 is 1.17 bits per heavy atom. The maximum Gasteiger partial charge on any atom is 0.332 e. The molecule has 0 bridgehead atoms. The monoisotopic (exact) mass is 420 g/mol. The number of amides is 2. The molecule has 2 aromatic heterocycles. The number of aromatic nitrogens is 2. The quantitative estimate of drug-likeness (QED) is 0.645. The molecule has 2 aromatic rings. The first-order chi connectivity index (χ1) is 13.9. The summed E-state index contributed by atoms with van der Waals surface area (Å²) in [6.45, 7) is 5.74. The molecular formula is C19H24N4O5S. The molecule has 2 fully saturated rings. The number of thiophene rings is 1. The van der Waals surface area contributed by atoms with Crippen LogP contribution in [-0.4, -0.2) is 51.6 Å². The van der Waals surface area contributed by atoms with Gasteiger partial charge in [0.2, 0.25) is 0 Å². The van der Waals surface area contributed by atoms with Crippen LogP contribution in [0, 0.1) is 6.92 Å². The van der Waals surface area contributed by atoms with Crippen molar-refractivity contribution in [2.75, 3.05) is 19.7 Å². The Morgan fingerprint density at radius 3 is 2.62 bits per heavy atom. The predicted octanol–water partition coefficient (Wildman–Crippen LogP) is 0.190. The molecule has 1 aliphatic carbocycles. The second kappa shape index (κ2) is 7.75. The minimum Gasteiger partial charge on any atom is -0.376 e. The van der Waals surface area contributed by atoms with E-state index < -0.39 is 11.8 Å². The van der Waals surface area contributed by atoms with E-state index in [1.807, 2.05) is 6.92 Å². The lowest BCUT2D eigenvalue weighted by molar-refractivity contribution is -0.148. The summed E-state index contributed by atoms with van der Waals surface area (Å²) in [5, 5.41) is 3.03. The number of hydrogen-bond donors (Lipinski definition) is 1. The maximum atomic E-state index is 12.9. The molecule has 0 atom stereocenters. The topological polar surface area (TPSA) is 103 Å². The van der Waals surface area contributed by atoms with Crippen LogP contribution in [0.25, 0.3) is 10.2 Å². The van der Waals surface area contributed by atoms with Crippen molar-refractivity contribution >= 4 is 33.4 Å². The van der Waals surface area contributed by atoms with Gasteiger partial charge in [-0.25, -0.2) is 4.79 Å². The average Bonchev–Trinajstić information content (AvgIpc) is 3.46. The zero-order valence-corrected chi connectivity index (χ0v) is 17.3. The summed E-state index contributed by atoms with van der Waals surface area (Å²) < 4.78 is 8.55. The number of hydrogen-bond acceptors (Lipinski definition) is 6. The Labute approximate surface area is 170 Å². The third-order valence-corrected chi connectivity index (χ3v) is 6.68. The van der Waals surface area contributed by atoms with Crippen molar-refractivity contribution in [3.8, 4) is 0 Å². The van der Waals surface area contributed by atoms with Gasteiger partial charge in [0.05, 0.1) is 31.2 Å². The highest BCUT2D eigenvalue weighted by Crippen LogP contribution is 2.29. The number of nitrogens with zero attached hydrogens (tertiary/aromatic N) is 3. The van der Waals surface area contributed by atoms with Crippen molar-refractivity contribution < 1.29 is 14.3 Å². The molecule has 29 heavy (non-hydrogen) atoms. The van der Waals surface area contributed by atoms with Gasteiger partial charge in [-0.1, -0.05) is 0 Å². The first-order valence-electron chi connectivity index (χ1n) is 9.86. The number of piperazine rings is 1. The van der Waals surface area contributed by atoms with Crippen molar-refractivity contribution in [2.24, 2.45) is 0 Å². The lowest BCUT2D eigenvalue weighted by Gasteiger charge is -2.26.